The van der Waals surface area contributed by atoms with Crippen molar-refractivity contribution in [1.29, 1.82) is 0 Å². The topological polar surface area (TPSA) is 44.1 Å². The predicted octanol–water partition coefficient (Wildman–Crippen LogP) is -0.544. The SMILES string of the molecule is CCOC(=O)c1cn[n]([AlH2])c1. The van der Waals surface area contributed by atoms with Gasteiger partial charge in [0.2, 0.25) is 0 Å². The number of nitrogens with zero attached hydrogens (tertiary/aromatic N) is 2. The first-order valence-corrected chi connectivity index (χ1v) is 4.29. The van der Waals surface area contributed by atoms with Crippen LogP contribution in [0.5, 0.6) is 0 Å². The van der Waals surface area contributed by atoms with Gasteiger partial charge in [0.15, 0.2) is 0 Å². The van der Waals surface area contributed by atoms with Crippen molar-refractivity contribution in [3.63, 3.8) is 0 Å². The Morgan fingerprint density at radius 2 is 2.64 bits per heavy atom. The van der Waals surface area contributed by atoms with Gasteiger partial charge in [-0.3, -0.25) is 0 Å². The van der Waals surface area contributed by atoms with Gasteiger partial charge < -0.3 is 8.40 Å². The molecule has 0 aliphatic carbocycles. The van der Waals surface area contributed by atoms with E-state index in [9.17, 15) is 4.79 Å². The molecule has 1 aromatic heterocycles. The van der Waals surface area contributed by atoms with Crippen LogP contribution in [0.3, 0.4) is 0 Å². The molecule has 0 amide bonds. The fourth-order valence-corrected chi connectivity index (χ4v) is 1.13. The van der Waals surface area contributed by atoms with Crippen LogP contribution < -0.4 is 0 Å². The number of aromatic nitrogens is 2. The molecule has 1 rings (SSSR count). The summed E-state index contributed by atoms with van der Waals surface area (Å²) >= 11 is 0.792. The van der Waals surface area contributed by atoms with Crippen molar-refractivity contribution in [2.24, 2.45) is 0 Å². The Morgan fingerprint density at radius 3 is 3.09 bits per heavy atom. The summed E-state index contributed by atoms with van der Waals surface area (Å²) in [6, 6.07) is 0. The maximum Gasteiger partial charge on any atom is 0.397 e. The zero-order valence-corrected chi connectivity index (χ0v) is 8.57. The van der Waals surface area contributed by atoms with Crippen molar-refractivity contribution in [3.8, 4) is 0 Å². The second-order valence-corrected chi connectivity index (χ2v) is 3.04. The fourth-order valence-electron chi connectivity index (χ4n) is 0.741. The average Bonchev–Trinajstić information content (AvgIpc) is 2.36. The van der Waals surface area contributed by atoms with Crippen LogP contribution in [-0.4, -0.2) is 37.9 Å². The van der Waals surface area contributed by atoms with Gasteiger partial charge in [0.25, 0.3) is 0 Å². The molecular formula is C6H9AlN2O2. The van der Waals surface area contributed by atoms with Crippen LogP contribution >= 0.6 is 0 Å². The van der Waals surface area contributed by atoms with Crippen molar-refractivity contribution in [2.45, 2.75) is 6.92 Å². The van der Waals surface area contributed by atoms with Gasteiger partial charge in [-0.25, -0.2) is 9.89 Å². The molecule has 0 atom stereocenters. The first kappa shape index (κ1) is 8.31. The first-order chi connectivity index (χ1) is 5.24. The van der Waals surface area contributed by atoms with E-state index in [-0.39, 0.29) is 5.97 Å². The molecule has 0 saturated heterocycles. The smallest absolute Gasteiger partial charge is 0.397 e. The van der Waals surface area contributed by atoms with Gasteiger partial charge in [0.1, 0.15) is 0 Å². The Bertz CT molecular complexity index is 259. The minimum atomic E-state index is -0.297. The van der Waals surface area contributed by atoms with Crippen LogP contribution in [0.15, 0.2) is 12.4 Å². The first-order valence-electron chi connectivity index (χ1n) is 3.39. The zero-order chi connectivity index (χ0) is 8.27. The van der Waals surface area contributed by atoms with Gasteiger partial charge in [-0.15, -0.1) is 0 Å². The van der Waals surface area contributed by atoms with Gasteiger partial charge in [-0.2, -0.15) is 0 Å². The molecule has 0 aliphatic rings. The molecule has 0 aromatic carbocycles. The fraction of sp³-hybridized carbons (Fsp3) is 0.333. The van der Waals surface area contributed by atoms with Gasteiger partial charge in [0, 0.05) is 6.20 Å². The average molecular weight is 168 g/mol. The van der Waals surface area contributed by atoms with Crippen molar-refractivity contribution < 1.29 is 9.53 Å². The number of hydrogen-bond acceptors (Lipinski definition) is 3. The molecule has 0 bridgehead atoms. The van der Waals surface area contributed by atoms with Crippen molar-refractivity contribution in [3.05, 3.63) is 18.0 Å². The maximum atomic E-state index is 11.0. The number of carbonyl (C=O) groups excluding carboxylic acids is 1. The molecule has 0 fully saturated rings. The van der Waals surface area contributed by atoms with Crippen molar-refractivity contribution in [1.82, 2.24) is 8.76 Å². The molecule has 5 heteroatoms. The second-order valence-electron chi connectivity index (χ2n) is 2.12. The highest BCUT2D eigenvalue weighted by molar-refractivity contribution is 6.06. The summed E-state index contributed by atoms with van der Waals surface area (Å²) in [5, 5.41) is 3.90. The minimum Gasteiger partial charge on any atom is -0.462 e. The van der Waals surface area contributed by atoms with Crippen LogP contribution in [-0.2, 0) is 4.74 Å². The quantitative estimate of drug-likeness (QED) is 0.440. The highest BCUT2D eigenvalue weighted by Gasteiger charge is 2.06. The normalized spacial score (nSPS) is 9.55. The van der Waals surface area contributed by atoms with E-state index in [2.05, 4.69) is 5.10 Å². The van der Waals surface area contributed by atoms with E-state index >= 15 is 0 Å². The van der Waals surface area contributed by atoms with E-state index in [0.717, 1.165) is 16.5 Å². The molecule has 58 valence electrons. The number of rotatable bonds is 2. The summed E-state index contributed by atoms with van der Waals surface area (Å²) in [5.41, 5.74) is 0.529. The standard InChI is InChI=1S/C6H8N2O2.Al.2H/c1-2-10-6(9)5-3-7-8-4-5;;;/h3-4H,2H2,1H3,(H,7,8,9);;;/q;+1;;/p-1. The second kappa shape index (κ2) is 3.56. The van der Waals surface area contributed by atoms with Crippen molar-refractivity contribution in [2.75, 3.05) is 6.61 Å². The largest absolute Gasteiger partial charge is 0.462 e. The van der Waals surface area contributed by atoms with Crippen molar-refractivity contribution >= 4 is 22.5 Å². The van der Waals surface area contributed by atoms with E-state index in [0.29, 0.717) is 12.2 Å². The minimum absolute atomic E-state index is 0.297. The Kier molecular flexibility index (Phi) is 2.69. The van der Waals surface area contributed by atoms with Crippen LogP contribution in [0, 0.1) is 0 Å². The molecule has 0 unspecified atom stereocenters. The Hall–Kier alpha value is -0.788. The molecule has 0 N–H and O–H groups in total. The van der Waals surface area contributed by atoms with Crippen LogP contribution in [0.2, 0.25) is 0 Å². The number of ether oxygens (including phenoxy) is 1. The molecule has 0 aliphatic heterocycles. The molecule has 4 nitrogen and oxygen atoms in total. The third-order valence-corrected chi connectivity index (χ3v) is 1.71. The van der Waals surface area contributed by atoms with Crippen LogP contribution in [0.1, 0.15) is 17.3 Å². The number of hydrogen-bond donors (Lipinski definition) is 0. The zero-order valence-electron chi connectivity index (χ0n) is 6.57. The van der Waals surface area contributed by atoms with Crippen LogP contribution in [0.4, 0.5) is 0 Å². The lowest BCUT2D eigenvalue weighted by Crippen LogP contribution is -2.03. The molecule has 11 heavy (non-hydrogen) atoms. The molecule has 0 spiro atoms. The number of esters is 1. The summed E-state index contributed by atoms with van der Waals surface area (Å²) in [6.07, 6.45) is 3.20. The Morgan fingerprint density at radius 1 is 1.91 bits per heavy atom. The summed E-state index contributed by atoms with van der Waals surface area (Å²) in [7, 11) is 0. The van der Waals surface area contributed by atoms with Crippen LogP contribution in [0.25, 0.3) is 0 Å². The lowest BCUT2D eigenvalue weighted by atomic mass is 10.4. The van der Waals surface area contributed by atoms with Gasteiger partial charge in [-0.1, -0.05) is 0 Å². The highest BCUT2D eigenvalue weighted by Crippen LogP contribution is 1.97. The third-order valence-electron chi connectivity index (χ3n) is 1.22. The summed E-state index contributed by atoms with van der Waals surface area (Å²) < 4.78 is 6.47. The maximum absolute atomic E-state index is 11.0. The Labute approximate surface area is 72.8 Å². The summed E-state index contributed by atoms with van der Waals surface area (Å²) in [4.78, 5) is 11.0. The van der Waals surface area contributed by atoms with E-state index in [1.165, 1.54) is 6.20 Å². The highest BCUT2D eigenvalue weighted by atomic mass is 27.1. The summed E-state index contributed by atoms with van der Waals surface area (Å²) in [6.45, 7) is 2.19. The van der Waals surface area contributed by atoms with Gasteiger partial charge in [0.05, 0.1) is 18.4 Å². The molecular weight excluding hydrogens is 159 g/mol. The predicted molar refractivity (Wildman–Crippen MR) is 42.1 cm³/mol. The molecule has 0 saturated carbocycles. The van der Waals surface area contributed by atoms with E-state index < -0.39 is 0 Å². The lowest BCUT2D eigenvalue weighted by molar-refractivity contribution is 0.0526. The third kappa shape index (κ3) is 2.07. The van der Waals surface area contributed by atoms with E-state index in [1.54, 1.807) is 16.8 Å². The number of carbonyl (C=O) groups is 1. The Balaban J connectivity index is 2.69. The molecule has 0 radical (unpaired) electrons. The van der Waals surface area contributed by atoms with Gasteiger partial charge >= 0.3 is 22.5 Å². The molecule has 1 heterocycles. The monoisotopic (exact) mass is 168 g/mol. The lowest BCUT2D eigenvalue weighted by Gasteiger charge is -1.95. The van der Waals surface area contributed by atoms with E-state index in [4.69, 9.17) is 4.74 Å². The van der Waals surface area contributed by atoms with E-state index in [1.807, 2.05) is 0 Å². The van der Waals surface area contributed by atoms with Gasteiger partial charge in [-0.05, 0) is 6.92 Å². The summed E-state index contributed by atoms with van der Waals surface area (Å²) in [5.74, 6) is -0.297. The molecule has 1 aromatic rings.